The lowest BCUT2D eigenvalue weighted by Crippen LogP contribution is -2.33. The van der Waals surface area contributed by atoms with E-state index >= 15 is 0 Å². The van der Waals surface area contributed by atoms with Crippen molar-refractivity contribution in [3.8, 4) is 0 Å². The zero-order chi connectivity index (χ0) is 40.1. The van der Waals surface area contributed by atoms with Crippen molar-refractivity contribution in [2.75, 3.05) is 92.2 Å². The zero-order valence-corrected chi connectivity index (χ0v) is 31.4. The Kier molecular flexibility index (Phi) is 18.9. The maximum absolute atomic E-state index is 11.8. The molecule has 0 spiro atoms. The Morgan fingerprint density at radius 3 is 0.786 bits per heavy atom. The Labute approximate surface area is 324 Å². The Morgan fingerprint density at radius 2 is 0.536 bits per heavy atom. The van der Waals surface area contributed by atoms with Crippen molar-refractivity contribution >= 4 is 47.3 Å². The second kappa shape index (κ2) is 24.0. The van der Waals surface area contributed by atoms with Crippen molar-refractivity contribution in [3.63, 3.8) is 0 Å². The predicted molar refractivity (Wildman–Crippen MR) is 194 cm³/mol. The maximum Gasteiger partial charge on any atom is 0.253 e. The SMILES string of the molecule is O=C1C=CC(=O)N1CCCOCC(COCCCCOCC(COCCCN1C(=O)C=CC1=O)OCCCN1C(=O)C=CC1=O)OCCCN1C(=O)C=CC1=O. The van der Waals surface area contributed by atoms with Gasteiger partial charge in [0.25, 0.3) is 47.3 Å². The minimum absolute atomic E-state index is 0.198. The Balaban J connectivity index is 1.10. The second-order valence-corrected chi connectivity index (χ2v) is 13.1. The number of unbranched alkanes of at least 4 members (excludes halogenated alkanes) is 1. The molecule has 2 unspecified atom stereocenters. The molecule has 306 valence electrons. The second-order valence-electron chi connectivity index (χ2n) is 13.1. The molecule has 0 saturated heterocycles. The van der Waals surface area contributed by atoms with Crippen LogP contribution in [0.1, 0.15) is 38.5 Å². The van der Waals surface area contributed by atoms with E-state index in [0.717, 1.165) is 19.6 Å². The summed E-state index contributed by atoms with van der Waals surface area (Å²) in [5.74, 6) is -2.80. The number of amides is 8. The molecule has 0 radical (unpaired) electrons. The summed E-state index contributed by atoms with van der Waals surface area (Å²) in [6.45, 7) is 3.73. The topological polar surface area (TPSA) is 205 Å². The molecule has 0 fully saturated rings. The van der Waals surface area contributed by atoms with E-state index in [2.05, 4.69) is 0 Å². The lowest BCUT2D eigenvalue weighted by Gasteiger charge is -2.20. The molecule has 0 saturated carbocycles. The first-order valence-electron chi connectivity index (χ1n) is 18.8. The molecule has 8 amide bonds. The van der Waals surface area contributed by atoms with Crippen LogP contribution in [0, 0.1) is 0 Å². The molecule has 4 heterocycles. The molecule has 4 aliphatic rings. The van der Waals surface area contributed by atoms with Gasteiger partial charge in [0.15, 0.2) is 0 Å². The van der Waals surface area contributed by atoms with Gasteiger partial charge in [-0.15, -0.1) is 0 Å². The van der Waals surface area contributed by atoms with Crippen LogP contribution in [0.25, 0.3) is 0 Å². The fraction of sp³-hybridized carbons (Fsp3) is 0.579. The predicted octanol–water partition coefficient (Wildman–Crippen LogP) is -0.136. The molecular weight excluding hydrogens is 736 g/mol. The van der Waals surface area contributed by atoms with Gasteiger partial charge in [-0.05, 0) is 38.5 Å². The fourth-order valence-corrected chi connectivity index (χ4v) is 5.76. The van der Waals surface area contributed by atoms with E-state index in [1.54, 1.807) is 0 Å². The van der Waals surface area contributed by atoms with Crippen LogP contribution in [-0.2, 0) is 66.8 Å². The van der Waals surface area contributed by atoms with Crippen LogP contribution < -0.4 is 0 Å². The van der Waals surface area contributed by atoms with Crippen molar-refractivity contribution in [1.82, 2.24) is 19.6 Å². The van der Waals surface area contributed by atoms with Crippen molar-refractivity contribution < 1.29 is 66.8 Å². The molecule has 2 atom stereocenters. The lowest BCUT2D eigenvalue weighted by molar-refractivity contribution is -0.139. The molecule has 0 bridgehead atoms. The van der Waals surface area contributed by atoms with E-state index in [1.165, 1.54) is 48.6 Å². The standard InChI is InChI=1S/C38H50N4O14/c43-31-7-8-32(44)39(31)15-3-21-53-27-29(55-23-5-17-41-35(47)11-12-36(41)48)25-51-19-1-2-20-52-26-30(56-24-6-18-42-37(49)13-14-38(42)50)28-54-22-4-16-40-33(45)9-10-34(40)46/h7-14,29-30H,1-6,15-28H2. The van der Waals surface area contributed by atoms with E-state index in [-0.39, 0.29) is 113 Å². The highest BCUT2D eigenvalue weighted by Gasteiger charge is 2.25. The first kappa shape index (κ1) is 44.0. The number of hydrogen-bond donors (Lipinski definition) is 0. The molecule has 0 N–H and O–H groups in total. The average Bonchev–Trinajstić information content (AvgIpc) is 3.89. The summed E-state index contributed by atoms with van der Waals surface area (Å²) in [6.07, 6.45) is 12.1. The third-order valence-corrected chi connectivity index (χ3v) is 8.74. The highest BCUT2D eigenvalue weighted by molar-refractivity contribution is 6.14. The number of rotatable bonds is 31. The molecule has 18 heteroatoms. The minimum atomic E-state index is -0.435. The van der Waals surface area contributed by atoms with Crippen LogP contribution in [0.2, 0.25) is 0 Å². The van der Waals surface area contributed by atoms with Gasteiger partial charge >= 0.3 is 0 Å². The van der Waals surface area contributed by atoms with E-state index in [1.807, 2.05) is 0 Å². The minimum Gasteiger partial charge on any atom is -0.379 e. The van der Waals surface area contributed by atoms with Crippen LogP contribution in [0.5, 0.6) is 0 Å². The normalized spacial score (nSPS) is 17.8. The first-order chi connectivity index (χ1) is 27.1. The summed E-state index contributed by atoms with van der Waals surface area (Å²) >= 11 is 0. The number of ether oxygens (including phenoxy) is 6. The van der Waals surface area contributed by atoms with Gasteiger partial charge in [-0.2, -0.15) is 0 Å². The van der Waals surface area contributed by atoms with Gasteiger partial charge in [0.2, 0.25) is 0 Å². The summed E-state index contributed by atoms with van der Waals surface area (Å²) in [5, 5.41) is 0. The summed E-state index contributed by atoms with van der Waals surface area (Å²) in [6, 6.07) is 0. The van der Waals surface area contributed by atoms with Gasteiger partial charge in [0, 0.05) is 114 Å². The lowest BCUT2D eigenvalue weighted by atomic mass is 10.3. The van der Waals surface area contributed by atoms with E-state index in [9.17, 15) is 38.4 Å². The third kappa shape index (κ3) is 14.7. The van der Waals surface area contributed by atoms with Crippen molar-refractivity contribution in [1.29, 1.82) is 0 Å². The highest BCUT2D eigenvalue weighted by atomic mass is 16.6. The number of imide groups is 4. The van der Waals surface area contributed by atoms with Crippen LogP contribution >= 0.6 is 0 Å². The fourth-order valence-electron chi connectivity index (χ4n) is 5.76. The quantitative estimate of drug-likeness (QED) is 0.0664. The van der Waals surface area contributed by atoms with Crippen molar-refractivity contribution in [2.24, 2.45) is 0 Å². The number of carbonyl (C=O) groups is 8. The summed E-state index contributed by atoms with van der Waals surface area (Å²) in [4.78, 5) is 98.8. The molecule has 56 heavy (non-hydrogen) atoms. The average molecular weight is 787 g/mol. The zero-order valence-electron chi connectivity index (χ0n) is 31.4. The Bertz CT molecular complexity index is 1360. The summed E-state index contributed by atoms with van der Waals surface area (Å²) in [5.41, 5.74) is 0. The molecule has 0 aromatic heterocycles. The smallest absolute Gasteiger partial charge is 0.253 e. The number of carbonyl (C=O) groups excluding carboxylic acids is 8. The third-order valence-electron chi connectivity index (χ3n) is 8.74. The monoisotopic (exact) mass is 786 g/mol. The van der Waals surface area contributed by atoms with Gasteiger partial charge in [0.1, 0.15) is 12.2 Å². The first-order valence-corrected chi connectivity index (χ1v) is 18.8. The summed E-state index contributed by atoms with van der Waals surface area (Å²) < 4.78 is 35.1. The molecule has 0 aromatic carbocycles. The number of hydrogen-bond acceptors (Lipinski definition) is 14. The van der Waals surface area contributed by atoms with Crippen LogP contribution in [0.4, 0.5) is 0 Å². The largest absolute Gasteiger partial charge is 0.379 e. The molecule has 0 aliphatic carbocycles. The van der Waals surface area contributed by atoms with Crippen LogP contribution in [-0.4, -0.2) is 171 Å². The van der Waals surface area contributed by atoms with E-state index in [0.29, 0.717) is 65.0 Å². The van der Waals surface area contributed by atoms with Gasteiger partial charge < -0.3 is 28.4 Å². The number of nitrogens with zero attached hydrogens (tertiary/aromatic N) is 4. The molecule has 4 rings (SSSR count). The molecule has 18 nitrogen and oxygen atoms in total. The highest BCUT2D eigenvalue weighted by Crippen LogP contribution is 2.09. The van der Waals surface area contributed by atoms with E-state index in [4.69, 9.17) is 28.4 Å². The van der Waals surface area contributed by atoms with Gasteiger partial charge in [0.05, 0.1) is 26.4 Å². The molecular formula is C38H50N4O14. The maximum atomic E-state index is 11.8. The van der Waals surface area contributed by atoms with Crippen LogP contribution in [0.15, 0.2) is 48.6 Å². The van der Waals surface area contributed by atoms with Gasteiger partial charge in [-0.25, -0.2) is 0 Å². The van der Waals surface area contributed by atoms with Gasteiger partial charge in [-0.3, -0.25) is 58.0 Å². The van der Waals surface area contributed by atoms with Gasteiger partial charge in [-0.1, -0.05) is 0 Å². The van der Waals surface area contributed by atoms with Crippen molar-refractivity contribution in [2.45, 2.75) is 50.7 Å². The molecule has 0 aromatic rings. The summed E-state index contributed by atoms with van der Waals surface area (Å²) in [7, 11) is 0. The van der Waals surface area contributed by atoms with E-state index < -0.39 is 12.2 Å². The Hall–Kier alpha value is -4.72. The Morgan fingerprint density at radius 1 is 0.321 bits per heavy atom. The van der Waals surface area contributed by atoms with Crippen LogP contribution in [0.3, 0.4) is 0 Å². The molecule has 4 aliphatic heterocycles. The van der Waals surface area contributed by atoms with Crippen molar-refractivity contribution in [3.05, 3.63) is 48.6 Å².